The summed E-state index contributed by atoms with van der Waals surface area (Å²) in [5, 5.41) is 3.33. The molecular weight excluding hydrogens is 316 g/mol. The first-order valence-corrected chi connectivity index (χ1v) is 8.37. The topological polar surface area (TPSA) is 67.9 Å². The Balaban J connectivity index is 2.44. The molecule has 1 unspecified atom stereocenters. The molecule has 1 aromatic carbocycles. The largest absolute Gasteiger partial charge is 0.493 e. The maximum absolute atomic E-state index is 12.7. The molecule has 1 aliphatic rings. The summed E-state index contributed by atoms with van der Waals surface area (Å²) in [5.41, 5.74) is 0. The fraction of sp³-hybridized carbons (Fsp3) is 0.538. The highest BCUT2D eigenvalue weighted by Crippen LogP contribution is 2.36. The normalized spacial score (nSPS) is 20.3. The van der Waals surface area contributed by atoms with Crippen molar-refractivity contribution in [3.63, 3.8) is 0 Å². The number of nitrogens with zero attached hydrogens (tertiary/aromatic N) is 1. The van der Waals surface area contributed by atoms with Gasteiger partial charge in [-0.1, -0.05) is 11.6 Å². The summed E-state index contributed by atoms with van der Waals surface area (Å²) in [5.74, 6) is 0.735. The molecule has 0 aromatic heterocycles. The molecule has 6 nitrogen and oxygen atoms in total. The fourth-order valence-corrected chi connectivity index (χ4v) is 4.32. The third-order valence-electron chi connectivity index (χ3n) is 3.39. The number of methoxy groups -OCH3 is 2. The van der Waals surface area contributed by atoms with Crippen LogP contribution in [0.4, 0.5) is 0 Å². The number of halogens is 1. The van der Waals surface area contributed by atoms with E-state index in [1.807, 2.05) is 6.92 Å². The summed E-state index contributed by atoms with van der Waals surface area (Å²) >= 11 is 6.12. The van der Waals surface area contributed by atoms with Crippen LogP contribution >= 0.6 is 11.6 Å². The monoisotopic (exact) mass is 334 g/mol. The van der Waals surface area contributed by atoms with Crippen LogP contribution in [0.5, 0.6) is 11.5 Å². The zero-order valence-corrected chi connectivity index (χ0v) is 13.8. The Kier molecular flexibility index (Phi) is 4.98. The molecule has 1 N–H and O–H groups in total. The van der Waals surface area contributed by atoms with E-state index in [9.17, 15) is 8.42 Å². The standard InChI is InChI=1S/C13H19ClN2O4S/c1-9-8-16(5-4-15-9)21(17,18)13-7-12(20-3)11(19-2)6-10(13)14/h6-7,9,15H,4-5,8H2,1-3H3. The molecule has 1 aliphatic heterocycles. The van der Waals surface area contributed by atoms with Gasteiger partial charge < -0.3 is 14.8 Å². The van der Waals surface area contributed by atoms with E-state index in [4.69, 9.17) is 21.1 Å². The van der Waals surface area contributed by atoms with E-state index in [1.165, 1.54) is 30.7 Å². The zero-order chi connectivity index (χ0) is 15.6. The van der Waals surface area contributed by atoms with Crippen LogP contribution in [0.3, 0.4) is 0 Å². The number of benzene rings is 1. The van der Waals surface area contributed by atoms with Gasteiger partial charge in [-0.05, 0) is 6.92 Å². The molecule has 2 rings (SSSR count). The molecule has 118 valence electrons. The SMILES string of the molecule is COc1cc(Cl)c(S(=O)(=O)N2CCNC(C)C2)cc1OC. The second-order valence-corrected chi connectivity index (χ2v) is 7.17. The molecule has 1 heterocycles. The smallest absolute Gasteiger partial charge is 0.244 e. The molecule has 0 bridgehead atoms. The Hall–Kier alpha value is -1.02. The first kappa shape index (κ1) is 16.4. The van der Waals surface area contributed by atoms with Gasteiger partial charge in [-0.3, -0.25) is 0 Å². The van der Waals surface area contributed by atoms with E-state index < -0.39 is 10.0 Å². The van der Waals surface area contributed by atoms with Crippen molar-refractivity contribution in [2.24, 2.45) is 0 Å². The number of hydrogen-bond donors (Lipinski definition) is 1. The van der Waals surface area contributed by atoms with Crippen LogP contribution in [0.2, 0.25) is 5.02 Å². The van der Waals surface area contributed by atoms with E-state index >= 15 is 0 Å². The fourth-order valence-electron chi connectivity index (χ4n) is 2.29. The lowest BCUT2D eigenvalue weighted by molar-refractivity contribution is 0.310. The lowest BCUT2D eigenvalue weighted by atomic mass is 10.3. The van der Waals surface area contributed by atoms with Crippen LogP contribution in [0, 0.1) is 0 Å². The molecule has 0 amide bonds. The lowest BCUT2D eigenvalue weighted by Gasteiger charge is -2.31. The summed E-state index contributed by atoms with van der Waals surface area (Å²) in [6.07, 6.45) is 0. The summed E-state index contributed by atoms with van der Waals surface area (Å²) in [6, 6.07) is 2.97. The van der Waals surface area contributed by atoms with Crippen LogP contribution in [0.1, 0.15) is 6.92 Å². The minimum atomic E-state index is -3.66. The molecule has 1 saturated heterocycles. The van der Waals surface area contributed by atoms with Gasteiger partial charge in [0.15, 0.2) is 11.5 Å². The van der Waals surface area contributed by atoms with E-state index in [2.05, 4.69) is 5.32 Å². The minimum Gasteiger partial charge on any atom is -0.493 e. The molecule has 1 aromatic rings. The highest BCUT2D eigenvalue weighted by Gasteiger charge is 2.31. The summed E-state index contributed by atoms with van der Waals surface area (Å²) in [6.45, 7) is 3.38. The molecule has 1 atom stereocenters. The van der Waals surface area contributed by atoms with E-state index in [-0.39, 0.29) is 16.0 Å². The highest BCUT2D eigenvalue weighted by atomic mass is 35.5. The first-order valence-electron chi connectivity index (χ1n) is 6.55. The summed E-state index contributed by atoms with van der Waals surface area (Å²) in [7, 11) is -0.731. The maximum Gasteiger partial charge on any atom is 0.244 e. The predicted octanol–water partition coefficient (Wildman–Crippen LogP) is 1.34. The first-order chi connectivity index (χ1) is 9.90. The van der Waals surface area contributed by atoms with Crippen LogP contribution < -0.4 is 14.8 Å². The average molecular weight is 335 g/mol. The highest BCUT2D eigenvalue weighted by molar-refractivity contribution is 7.89. The second-order valence-electron chi connectivity index (χ2n) is 4.86. The number of nitrogens with one attached hydrogen (secondary N) is 1. The lowest BCUT2D eigenvalue weighted by Crippen LogP contribution is -2.51. The number of sulfonamides is 1. The minimum absolute atomic E-state index is 0.0379. The summed E-state index contributed by atoms with van der Waals surface area (Å²) in [4.78, 5) is 0.0379. The van der Waals surface area contributed by atoms with Gasteiger partial charge in [0.1, 0.15) is 4.90 Å². The molecule has 0 spiro atoms. The van der Waals surface area contributed by atoms with Gasteiger partial charge in [-0.2, -0.15) is 4.31 Å². The third kappa shape index (κ3) is 3.26. The Morgan fingerprint density at radius 2 is 1.90 bits per heavy atom. The predicted molar refractivity (Wildman–Crippen MR) is 80.8 cm³/mol. The Morgan fingerprint density at radius 1 is 1.29 bits per heavy atom. The maximum atomic E-state index is 12.7. The molecule has 8 heteroatoms. The van der Waals surface area contributed by atoms with Crippen LogP contribution in [-0.2, 0) is 10.0 Å². The zero-order valence-electron chi connectivity index (χ0n) is 12.2. The Morgan fingerprint density at radius 3 is 2.48 bits per heavy atom. The van der Waals surface area contributed by atoms with Crippen molar-refractivity contribution in [1.82, 2.24) is 9.62 Å². The van der Waals surface area contributed by atoms with Crippen LogP contribution in [0.25, 0.3) is 0 Å². The van der Waals surface area contributed by atoms with Gasteiger partial charge in [-0.15, -0.1) is 0 Å². The van der Waals surface area contributed by atoms with Crippen LogP contribution in [-0.4, -0.2) is 52.6 Å². The third-order valence-corrected chi connectivity index (χ3v) is 5.72. The number of rotatable bonds is 4. The van der Waals surface area contributed by atoms with Crippen molar-refractivity contribution < 1.29 is 17.9 Å². The molecular formula is C13H19ClN2O4S. The van der Waals surface area contributed by atoms with Gasteiger partial charge >= 0.3 is 0 Å². The van der Waals surface area contributed by atoms with Crippen molar-refractivity contribution in [2.75, 3.05) is 33.9 Å². The van der Waals surface area contributed by atoms with Gasteiger partial charge in [-0.25, -0.2) is 8.42 Å². The van der Waals surface area contributed by atoms with E-state index in [1.54, 1.807) is 0 Å². The molecule has 0 saturated carbocycles. The van der Waals surface area contributed by atoms with Gasteiger partial charge in [0, 0.05) is 37.8 Å². The average Bonchev–Trinajstić information content (AvgIpc) is 2.46. The number of ether oxygens (including phenoxy) is 2. The second kappa shape index (κ2) is 6.39. The number of piperazine rings is 1. The van der Waals surface area contributed by atoms with Crippen LogP contribution in [0.15, 0.2) is 17.0 Å². The number of hydrogen-bond acceptors (Lipinski definition) is 5. The molecule has 0 aliphatic carbocycles. The van der Waals surface area contributed by atoms with Crippen molar-refractivity contribution in [3.05, 3.63) is 17.2 Å². The van der Waals surface area contributed by atoms with Crippen molar-refractivity contribution in [2.45, 2.75) is 17.9 Å². The van der Waals surface area contributed by atoms with Crippen molar-refractivity contribution in [1.29, 1.82) is 0 Å². The quantitative estimate of drug-likeness (QED) is 0.900. The molecule has 21 heavy (non-hydrogen) atoms. The van der Waals surface area contributed by atoms with Gasteiger partial charge in [0.25, 0.3) is 0 Å². The van der Waals surface area contributed by atoms with Gasteiger partial charge in [0.05, 0.1) is 19.2 Å². The van der Waals surface area contributed by atoms with Crippen molar-refractivity contribution in [3.8, 4) is 11.5 Å². The van der Waals surface area contributed by atoms with Gasteiger partial charge in [0.2, 0.25) is 10.0 Å². The Labute approximate surface area is 130 Å². The Bertz CT molecular complexity index is 621. The molecule has 1 fully saturated rings. The van der Waals surface area contributed by atoms with Crippen molar-refractivity contribution >= 4 is 21.6 Å². The van der Waals surface area contributed by atoms with E-state index in [0.29, 0.717) is 31.1 Å². The van der Waals surface area contributed by atoms with E-state index in [0.717, 1.165) is 0 Å². The summed E-state index contributed by atoms with van der Waals surface area (Å²) < 4.78 is 37.2. The molecule has 0 radical (unpaired) electrons.